The van der Waals surface area contributed by atoms with E-state index in [0.29, 0.717) is 11.0 Å². The van der Waals surface area contributed by atoms with E-state index < -0.39 is 0 Å². The SMILES string of the molecule is Cc1cc(C(N)=S)ccc1NC1CCCC1C. The van der Waals surface area contributed by atoms with Gasteiger partial charge in [0.2, 0.25) is 0 Å². The predicted molar refractivity (Wildman–Crippen MR) is 77.5 cm³/mol. The molecule has 1 saturated carbocycles. The number of aryl methyl sites for hydroxylation is 1. The lowest BCUT2D eigenvalue weighted by atomic mass is 10.0. The van der Waals surface area contributed by atoms with Crippen molar-refractivity contribution in [3.63, 3.8) is 0 Å². The van der Waals surface area contributed by atoms with Crippen molar-refractivity contribution < 1.29 is 0 Å². The van der Waals surface area contributed by atoms with Crippen molar-refractivity contribution in [2.45, 2.75) is 39.2 Å². The van der Waals surface area contributed by atoms with Crippen LogP contribution in [0.25, 0.3) is 0 Å². The van der Waals surface area contributed by atoms with Crippen LogP contribution in [0.2, 0.25) is 0 Å². The lowest BCUT2D eigenvalue weighted by Gasteiger charge is -2.20. The summed E-state index contributed by atoms with van der Waals surface area (Å²) in [7, 11) is 0. The molecule has 0 radical (unpaired) electrons. The number of anilines is 1. The van der Waals surface area contributed by atoms with Crippen molar-refractivity contribution in [3.8, 4) is 0 Å². The van der Waals surface area contributed by atoms with Crippen LogP contribution in [0.4, 0.5) is 5.69 Å². The summed E-state index contributed by atoms with van der Waals surface area (Å²) in [5.74, 6) is 0.768. The monoisotopic (exact) mass is 248 g/mol. The summed E-state index contributed by atoms with van der Waals surface area (Å²) in [6, 6.07) is 6.76. The molecule has 0 aliphatic heterocycles. The summed E-state index contributed by atoms with van der Waals surface area (Å²) in [5.41, 5.74) is 9.01. The van der Waals surface area contributed by atoms with Gasteiger partial charge in [0.25, 0.3) is 0 Å². The second-order valence-corrected chi connectivity index (χ2v) is 5.49. The van der Waals surface area contributed by atoms with Crippen LogP contribution in [-0.4, -0.2) is 11.0 Å². The molecule has 1 fully saturated rings. The highest BCUT2D eigenvalue weighted by Crippen LogP contribution is 2.29. The number of hydrogen-bond acceptors (Lipinski definition) is 2. The van der Waals surface area contributed by atoms with Crippen LogP contribution in [0.15, 0.2) is 18.2 Å². The van der Waals surface area contributed by atoms with Gasteiger partial charge in [0, 0.05) is 17.3 Å². The number of benzene rings is 1. The summed E-state index contributed by atoms with van der Waals surface area (Å²) >= 11 is 4.98. The van der Waals surface area contributed by atoms with Gasteiger partial charge >= 0.3 is 0 Å². The van der Waals surface area contributed by atoms with Gasteiger partial charge in [-0.3, -0.25) is 0 Å². The number of thiocarbonyl (C=S) groups is 1. The zero-order valence-corrected chi connectivity index (χ0v) is 11.3. The minimum Gasteiger partial charge on any atom is -0.389 e. The molecule has 0 heterocycles. The summed E-state index contributed by atoms with van der Waals surface area (Å²) in [6.07, 6.45) is 3.95. The second kappa shape index (κ2) is 5.05. The summed E-state index contributed by atoms with van der Waals surface area (Å²) < 4.78 is 0. The van der Waals surface area contributed by atoms with Crippen molar-refractivity contribution in [2.24, 2.45) is 11.7 Å². The fourth-order valence-corrected chi connectivity index (χ4v) is 2.67. The van der Waals surface area contributed by atoms with E-state index in [4.69, 9.17) is 18.0 Å². The first-order valence-electron chi connectivity index (χ1n) is 6.25. The van der Waals surface area contributed by atoms with E-state index in [-0.39, 0.29) is 0 Å². The summed E-state index contributed by atoms with van der Waals surface area (Å²) in [4.78, 5) is 0.467. The Morgan fingerprint density at radius 1 is 1.41 bits per heavy atom. The number of rotatable bonds is 3. The standard InChI is InChI=1S/C14H20N2S/c1-9-4-3-5-12(9)16-13-7-6-11(14(15)17)8-10(13)2/h6-9,12,16H,3-5H2,1-2H3,(H2,15,17). The Balaban J connectivity index is 2.14. The molecule has 0 aromatic heterocycles. The van der Waals surface area contributed by atoms with Gasteiger partial charge in [0.1, 0.15) is 4.99 Å². The first-order chi connectivity index (χ1) is 8.08. The number of nitrogens with one attached hydrogen (secondary N) is 1. The Morgan fingerprint density at radius 3 is 2.71 bits per heavy atom. The van der Waals surface area contributed by atoms with Crippen LogP contribution in [0.1, 0.15) is 37.3 Å². The van der Waals surface area contributed by atoms with E-state index in [1.54, 1.807) is 0 Å². The van der Waals surface area contributed by atoms with E-state index in [1.165, 1.54) is 30.5 Å². The highest BCUT2D eigenvalue weighted by molar-refractivity contribution is 7.80. The molecule has 3 heteroatoms. The molecular weight excluding hydrogens is 228 g/mol. The zero-order valence-electron chi connectivity index (χ0n) is 10.5. The minimum atomic E-state index is 0.467. The van der Waals surface area contributed by atoms with Crippen molar-refractivity contribution in [1.29, 1.82) is 0 Å². The average Bonchev–Trinajstić information content (AvgIpc) is 2.67. The molecule has 1 aromatic carbocycles. The molecule has 2 atom stereocenters. The van der Waals surface area contributed by atoms with Crippen molar-refractivity contribution >= 4 is 22.9 Å². The van der Waals surface area contributed by atoms with Gasteiger partial charge in [-0.15, -0.1) is 0 Å². The fraction of sp³-hybridized carbons (Fsp3) is 0.500. The van der Waals surface area contributed by atoms with Gasteiger partial charge in [-0.2, -0.15) is 0 Å². The van der Waals surface area contributed by atoms with Crippen LogP contribution in [0.3, 0.4) is 0 Å². The van der Waals surface area contributed by atoms with Crippen LogP contribution < -0.4 is 11.1 Å². The van der Waals surface area contributed by atoms with E-state index in [0.717, 1.165) is 11.5 Å². The first kappa shape index (κ1) is 12.4. The fourth-order valence-electron chi connectivity index (χ4n) is 2.54. The molecule has 0 bridgehead atoms. The van der Waals surface area contributed by atoms with Crippen LogP contribution in [0.5, 0.6) is 0 Å². The number of nitrogens with two attached hydrogens (primary N) is 1. The van der Waals surface area contributed by atoms with Crippen molar-refractivity contribution in [1.82, 2.24) is 0 Å². The summed E-state index contributed by atoms with van der Waals surface area (Å²) in [5, 5.41) is 3.64. The van der Waals surface area contributed by atoms with Crippen LogP contribution in [-0.2, 0) is 0 Å². The molecule has 0 saturated heterocycles. The number of hydrogen-bond donors (Lipinski definition) is 2. The van der Waals surface area contributed by atoms with Gasteiger partial charge in [0.15, 0.2) is 0 Å². The zero-order chi connectivity index (χ0) is 12.4. The third-order valence-electron chi connectivity index (χ3n) is 3.71. The van der Waals surface area contributed by atoms with E-state index in [2.05, 4.69) is 31.3 Å². The molecule has 1 aliphatic carbocycles. The molecule has 2 rings (SSSR count). The Kier molecular flexibility index (Phi) is 3.67. The third-order valence-corrected chi connectivity index (χ3v) is 3.95. The molecule has 0 spiro atoms. The maximum absolute atomic E-state index is 5.63. The molecule has 3 N–H and O–H groups in total. The highest BCUT2D eigenvalue weighted by Gasteiger charge is 2.23. The van der Waals surface area contributed by atoms with E-state index >= 15 is 0 Å². The van der Waals surface area contributed by atoms with Gasteiger partial charge in [-0.1, -0.05) is 25.6 Å². The Hall–Kier alpha value is -1.09. The van der Waals surface area contributed by atoms with Gasteiger partial charge < -0.3 is 11.1 Å². The molecule has 2 unspecified atom stereocenters. The second-order valence-electron chi connectivity index (χ2n) is 5.05. The third kappa shape index (κ3) is 2.78. The van der Waals surface area contributed by atoms with Crippen molar-refractivity contribution in [3.05, 3.63) is 29.3 Å². The molecule has 1 aliphatic rings. The lowest BCUT2D eigenvalue weighted by molar-refractivity contribution is 0.556. The topological polar surface area (TPSA) is 38.0 Å². The van der Waals surface area contributed by atoms with Gasteiger partial charge in [0.05, 0.1) is 0 Å². The van der Waals surface area contributed by atoms with Crippen molar-refractivity contribution in [2.75, 3.05) is 5.32 Å². The molecule has 92 valence electrons. The van der Waals surface area contributed by atoms with Gasteiger partial charge in [-0.05, 0) is 49.4 Å². The predicted octanol–water partition coefficient (Wildman–Crippen LogP) is 3.23. The van der Waals surface area contributed by atoms with E-state index in [9.17, 15) is 0 Å². The van der Waals surface area contributed by atoms with Crippen LogP contribution in [0, 0.1) is 12.8 Å². The molecule has 1 aromatic rings. The minimum absolute atomic E-state index is 0.467. The maximum Gasteiger partial charge on any atom is 0.103 e. The quantitative estimate of drug-likeness (QED) is 0.807. The maximum atomic E-state index is 5.63. The average molecular weight is 248 g/mol. The smallest absolute Gasteiger partial charge is 0.103 e. The Bertz CT molecular complexity index is 428. The first-order valence-corrected chi connectivity index (χ1v) is 6.65. The van der Waals surface area contributed by atoms with E-state index in [1.807, 2.05) is 6.07 Å². The molecule has 2 nitrogen and oxygen atoms in total. The normalized spacial score (nSPS) is 23.6. The molecular formula is C14H20N2S. The van der Waals surface area contributed by atoms with Gasteiger partial charge in [-0.25, -0.2) is 0 Å². The van der Waals surface area contributed by atoms with Crippen LogP contribution >= 0.6 is 12.2 Å². The molecule has 17 heavy (non-hydrogen) atoms. The Labute approximate surface area is 109 Å². The lowest BCUT2D eigenvalue weighted by Crippen LogP contribution is -2.22. The molecule has 0 amide bonds. The largest absolute Gasteiger partial charge is 0.389 e. The Morgan fingerprint density at radius 2 is 2.18 bits per heavy atom. The highest BCUT2D eigenvalue weighted by atomic mass is 32.1. The summed E-state index contributed by atoms with van der Waals surface area (Å²) in [6.45, 7) is 4.42.